The molecule has 0 atom stereocenters. The Kier molecular flexibility index (Phi) is 4.53. The molecule has 0 aliphatic rings. The van der Waals surface area contributed by atoms with Gasteiger partial charge in [0.05, 0.1) is 0 Å². The van der Waals surface area contributed by atoms with Crippen LogP contribution in [0.4, 0.5) is 13.2 Å². The Morgan fingerprint density at radius 1 is 1.00 bits per heavy atom. The number of ether oxygens (including phenoxy) is 1. The molecule has 3 aromatic rings. The van der Waals surface area contributed by atoms with Gasteiger partial charge in [0.2, 0.25) is 0 Å². The van der Waals surface area contributed by atoms with Crippen molar-refractivity contribution in [3.05, 3.63) is 66.6 Å². The minimum Gasteiger partial charge on any atom is -0.381 e. The summed E-state index contributed by atoms with van der Waals surface area (Å²) in [4.78, 5) is 30.9. The van der Waals surface area contributed by atoms with Gasteiger partial charge in [-0.3, -0.25) is 4.57 Å². The zero-order valence-electron chi connectivity index (χ0n) is 13.0. The van der Waals surface area contributed by atoms with Crippen LogP contribution in [0.25, 0.3) is 17.2 Å². The molecule has 2 aromatic heterocycles. The Morgan fingerprint density at radius 2 is 1.69 bits per heavy atom. The number of nitrogens with zero attached hydrogens (tertiary/aromatic N) is 3. The number of hydrogen-bond acceptors (Lipinski definition) is 5. The van der Waals surface area contributed by atoms with Crippen molar-refractivity contribution in [3.63, 3.8) is 0 Å². The first-order chi connectivity index (χ1) is 12.4. The van der Waals surface area contributed by atoms with Gasteiger partial charge in [-0.25, -0.2) is 19.6 Å². The maximum absolute atomic E-state index is 12.3. The van der Waals surface area contributed by atoms with E-state index in [-0.39, 0.29) is 5.82 Å². The van der Waals surface area contributed by atoms with Crippen molar-refractivity contribution in [2.45, 2.75) is 6.18 Å². The molecule has 0 saturated carbocycles. The highest BCUT2D eigenvalue weighted by Crippen LogP contribution is 2.23. The van der Waals surface area contributed by atoms with Crippen LogP contribution in [-0.4, -0.2) is 32.6 Å². The third kappa shape index (κ3) is 3.61. The second-order valence-corrected chi connectivity index (χ2v) is 5.05. The molecule has 26 heavy (non-hydrogen) atoms. The molecule has 0 bridgehead atoms. The predicted octanol–water partition coefficient (Wildman–Crippen LogP) is 3.18. The summed E-state index contributed by atoms with van der Waals surface area (Å²) in [6.07, 6.45) is -2.60. The van der Waals surface area contributed by atoms with Crippen LogP contribution < -0.4 is 0 Å². The van der Waals surface area contributed by atoms with Crippen molar-refractivity contribution >= 4 is 11.9 Å². The van der Waals surface area contributed by atoms with Gasteiger partial charge >= 0.3 is 18.1 Å². The van der Waals surface area contributed by atoms with Crippen LogP contribution in [0, 0.1) is 0 Å². The normalized spacial score (nSPS) is 11.2. The lowest BCUT2D eigenvalue weighted by Gasteiger charge is -2.06. The lowest BCUT2D eigenvalue weighted by Crippen LogP contribution is -2.28. The number of imidazole rings is 1. The van der Waals surface area contributed by atoms with E-state index in [0.29, 0.717) is 11.4 Å². The van der Waals surface area contributed by atoms with E-state index in [1.165, 1.54) is 10.8 Å². The summed E-state index contributed by atoms with van der Waals surface area (Å²) >= 11 is 0. The van der Waals surface area contributed by atoms with Gasteiger partial charge in [-0.2, -0.15) is 13.2 Å². The zero-order chi connectivity index (χ0) is 18.7. The summed E-state index contributed by atoms with van der Waals surface area (Å²) in [6, 6.07) is 13.7. The zero-order valence-corrected chi connectivity index (χ0v) is 13.0. The first-order valence-corrected chi connectivity index (χ1v) is 7.26. The maximum Gasteiger partial charge on any atom is 0.491 e. The number of alkyl halides is 3. The molecular formula is C17H10F3N3O3. The quantitative estimate of drug-likeness (QED) is 0.529. The van der Waals surface area contributed by atoms with Gasteiger partial charge in [-0.05, 0) is 12.1 Å². The van der Waals surface area contributed by atoms with Crippen LogP contribution in [0.2, 0.25) is 0 Å². The minimum atomic E-state index is -5.28. The standard InChI is InChI=1S/C17H10F3N3O3/c18-17(19,20)16(25)26-15(24)12-10-23(13-8-4-5-9-21-13)14(22-12)11-6-2-1-3-7-11/h1-10H. The van der Waals surface area contributed by atoms with Crippen molar-refractivity contribution in [1.29, 1.82) is 0 Å². The number of halogens is 3. The van der Waals surface area contributed by atoms with E-state index in [4.69, 9.17) is 0 Å². The van der Waals surface area contributed by atoms with Gasteiger partial charge in [-0.1, -0.05) is 36.4 Å². The predicted molar refractivity (Wildman–Crippen MR) is 83.3 cm³/mol. The van der Waals surface area contributed by atoms with Crippen LogP contribution in [0.15, 0.2) is 60.9 Å². The van der Waals surface area contributed by atoms with Crippen LogP contribution in [0.1, 0.15) is 10.5 Å². The van der Waals surface area contributed by atoms with E-state index < -0.39 is 23.8 Å². The largest absolute Gasteiger partial charge is 0.491 e. The number of esters is 2. The molecule has 0 amide bonds. The van der Waals surface area contributed by atoms with Gasteiger partial charge in [0.1, 0.15) is 11.6 Å². The van der Waals surface area contributed by atoms with Gasteiger partial charge in [-0.15, -0.1) is 0 Å². The third-order valence-electron chi connectivity index (χ3n) is 3.26. The Morgan fingerprint density at radius 3 is 2.31 bits per heavy atom. The summed E-state index contributed by atoms with van der Waals surface area (Å²) in [5.41, 5.74) is 0.145. The molecule has 132 valence electrons. The number of carbonyl (C=O) groups excluding carboxylic acids is 2. The second-order valence-electron chi connectivity index (χ2n) is 5.05. The van der Waals surface area contributed by atoms with Crippen LogP contribution >= 0.6 is 0 Å². The molecule has 0 N–H and O–H groups in total. The lowest BCUT2D eigenvalue weighted by molar-refractivity contribution is -0.193. The van der Waals surface area contributed by atoms with Crippen molar-refractivity contribution in [3.8, 4) is 17.2 Å². The number of aromatic nitrogens is 3. The first kappa shape index (κ1) is 17.3. The van der Waals surface area contributed by atoms with Gasteiger partial charge < -0.3 is 4.74 Å². The van der Waals surface area contributed by atoms with Crippen molar-refractivity contribution in [2.75, 3.05) is 0 Å². The first-order valence-electron chi connectivity index (χ1n) is 7.26. The second kappa shape index (κ2) is 6.79. The highest BCUT2D eigenvalue weighted by atomic mass is 19.4. The number of carbonyl (C=O) groups is 2. The molecule has 3 rings (SSSR count). The lowest BCUT2D eigenvalue weighted by atomic mass is 10.2. The molecule has 9 heteroatoms. The number of rotatable bonds is 3. The van der Waals surface area contributed by atoms with Crippen LogP contribution in [-0.2, 0) is 9.53 Å². The summed E-state index contributed by atoms with van der Waals surface area (Å²) in [7, 11) is 0. The van der Waals surface area contributed by atoms with Crippen molar-refractivity contribution in [2.24, 2.45) is 0 Å². The third-order valence-corrected chi connectivity index (χ3v) is 3.26. The minimum absolute atomic E-state index is 0.260. The molecule has 0 radical (unpaired) electrons. The topological polar surface area (TPSA) is 74.1 Å². The molecule has 0 unspecified atom stereocenters. The van der Waals surface area contributed by atoms with E-state index in [9.17, 15) is 22.8 Å². The summed E-state index contributed by atoms with van der Waals surface area (Å²) in [5.74, 6) is -3.45. The van der Waals surface area contributed by atoms with Crippen molar-refractivity contribution in [1.82, 2.24) is 14.5 Å². The Labute approximate surface area is 144 Å². The maximum atomic E-state index is 12.3. The van der Waals surface area contributed by atoms with E-state index in [1.54, 1.807) is 48.5 Å². The van der Waals surface area contributed by atoms with Crippen LogP contribution in [0.3, 0.4) is 0 Å². The van der Waals surface area contributed by atoms with E-state index >= 15 is 0 Å². The summed E-state index contributed by atoms with van der Waals surface area (Å²) in [5, 5.41) is 0. The number of pyridine rings is 1. The molecule has 0 spiro atoms. The molecule has 0 aliphatic heterocycles. The summed E-state index contributed by atoms with van der Waals surface area (Å²) < 4.78 is 42.1. The van der Waals surface area contributed by atoms with Crippen molar-refractivity contribution < 1.29 is 27.5 Å². The molecule has 0 aliphatic carbocycles. The smallest absolute Gasteiger partial charge is 0.381 e. The molecular weight excluding hydrogens is 351 g/mol. The van der Waals surface area contributed by atoms with E-state index in [1.807, 2.05) is 0 Å². The molecule has 6 nitrogen and oxygen atoms in total. The fourth-order valence-corrected chi connectivity index (χ4v) is 2.13. The average Bonchev–Trinajstić information content (AvgIpc) is 3.08. The highest BCUT2D eigenvalue weighted by Gasteiger charge is 2.43. The summed E-state index contributed by atoms with van der Waals surface area (Å²) in [6.45, 7) is 0. The average molecular weight is 361 g/mol. The van der Waals surface area contributed by atoms with Crippen LogP contribution in [0.5, 0.6) is 0 Å². The molecule has 1 aromatic carbocycles. The molecule has 0 saturated heterocycles. The van der Waals surface area contributed by atoms with Gasteiger partial charge in [0.15, 0.2) is 5.69 Å². The molecule has 2 heterocycles. The fourth-order valence-electron chi connectivity index (χ4n) is 2.13. The Balaban J connectivity index is 2.02. The number of hydrogen-bond donors (Lipinski definition) is 0. The van der Waals surface area contributed by atoms with Gasteiger partial charge in [0, 0.05) is 18.0 Å². The molecule has 0 fully saturated rings. The number of benzene rings is 1. The highest BCUT2D eigenvalue weighted by molar-refractivity contribution is 5.97. The van der Waals surface area contributed by atoms with E-state index in [2.05, 4.69) is 14.7 Å². The Bertz CT molecular complexity index is 881. The fraction of sp³-hybridized carbons (Fsp3) is 0.0588. The van der Waals surface area contributed by atoms with Gasteiger partial charge in [0.25, 0.3) is 0 Å². The SMILES string of the molecule is O=C(OC(=O)C(F)(F)F)c1cn(-c2ccccn2)c(-c2ccccc2)n1. The Hall–Kier alpha value is -3.49. The monoisotopic (exact) mass is 361 g/mol. The van der Waals surface area contributed by atoms with E-state index in [0.717, 1.165) is 6.20 Å².